The maximum absolute atomic E-state index is 9.87. The molecule has 0 heterocycles. The zero-order chi connectivity index (χ0) is 9.98. The van der Waals surface area contributed by atoms with Crippen LogP contribution in [0.2, 0.25) is 0 Å². The van der Waals surface area contributed by atoms with Crippen molar-refractivity contribution in [3.63, 3.8) is 0 Å². The Labute approximate surface area is 99.6 Å². The average Bonchev–Trinajstić information content (AvgIpc) is 1.86. The molecule has 0 saturated heterocycles. The van der Waals surface area contributed by atoms with Crippen molar-refractivity contribution in [2.75, 3.05) is 0 Å². The molecule has 0 aromatic carbocycles. The zero-order valence-electron chi connectivity index (χ0n) is 8.08. The van der Waals surface area contributed by atoms with Crippen LogP contribution in [0.15, 0.2) is 0 Å². The number of aliphatic carboxylic acids is 1. The Morgan fingerprint density at radius 1 is 1.38 bits per heavy atom. The van der Waals surface area contributed by atoms with E-state index >= 15 is 0 Å². The van der Waals surface area contributed by atoms with Gasteiger partial charge in [-0.05, 0) is 6.42 Å². The Hall–Kier alpha value is -0.260. The van der Waals surface area contributed by atoms with Crippen LogP contribution in [0.25, 0.3) is 0 Å². The maximum atomic E-state index is 9.87. The van der Waals surface area contributed by atoms with Crippen molar-refractivity contribution in [3.8, 4) is 0 Å². The Bertz CT molecular complexity index is 136. The van der Waals surface area contributed by atoms with Gasteiger partial charge < -0.3 is 20.7 Å². The number of unbranched alkanes of at least 4 members (excludes halogenated alkanes) is 2. The Morgan fingerprint density at radius 2 is 1.77 bits per heavy atom. The number of carbonyl (C=O) groups is 2. The van der Waals surface area contributed by atoms with Crippen molar-refractivity contribution in [1.82, 2.24) is 0 Å². The van der Waals surface area contributed by atoms with Gasteiger partial charge in [-0.25, -0.2) is 0 Å². The van der Waals surface area contributed by atoms with E-state index in [1.807, 2.05) is 0 Å². The molecule has 72 valence electrons. The van der Waals surface area contributed by atoms with Gasteiger partial charge in [0.05, 0.1) is 0 Å². The average molecular weight is 199 g/mol. The molecule has 0 aliphatic carbocycles. The van der Waals surface area contributed by atoms with Gasteiger partial charge in [-0.1, -0.05) is 19.8 Å². The molecule has 13 heavy (non-hydrogen) atoms. The molecule has 0 aromatic heterocycles. The number of hydrogen-bond acceptors (Lipinski definition) is 3. The molecule has 0 radical (unpaired) electrons. The van der Waals surface area contributed by atoms with Gasteiger partial charge in [0, 0.05) is 6.42 Å². The molecule has 0 aromatic rings. The van der Waals surface area contributed by atoms with Gasteiger partial charge in [-0.2, -0.15) is 0 Å². The molecule has 0 aliphatic heterocycles. The summed E-state index contributed by atoms with van der Waals surface area (Å²) in [6.45, 7) is 2.06. The quantitative estimate of drug-likeness (QED) is 0.370. The van der Waals surface area contributed by atoms with Crippen LogP contribution in [0, 0.1) is 0 Å². The van der Waals surface area contributed by atoms with Gasteiger partial charge in [0.1, 0.15) is 6.09 Å². The molecule has 5 nitrogen and oxygen atoms in total. The normalized spacial score (nSPS) is 7.46. The summed E-state index contributed by atoms with van der Waals surface area (Å²) in [6.07, 6.45) is 1.69. The minimum atomic E-state index is -1.58. The number of rotatable bonds is 4. The Morgan fingerprint density at radius 3 is 2.00 bits per heavy atom. The van der Waals surface area contributed by atoms with Crippen LogP contribution < -0.4 is 40.4 Å². The largest absolute Gasteiger partial charge is 1.00 e. The third kappa shape index (κ3) is 49.6. The number of hydrogen-bond donors (Lipinski definition) is 2. The molecular weight excluding hydrogens is 185 g/mol. The van der Waals surface area contributed by atoms with Gasteiger partial charge in [0.15, 0.2) is 0 Å². The van der Waals surface area contributed by atoms with Crippen LogP contribution in [0.1, 0.15) is 32.6 Å². The summed E-state index contributed by atoms with van der Waals surface area (Å²) >= 11 is 0. The summed E-state index contributed by atoms with van der Waals surface area (Å²) in [5.74, 6) is -0.682. The molecule has 6 heteroatoms. The van der Waals surface area contributed by atoms with E-state index in [0.717, 1.165) is 19.3 Å². The third-order valence-corrected chi connectivity index (χ3v) is 0.994. The van der Waals surface area contributed by atoms with Crippen LogP contribution in [0.4, 0.5) is 4.79 Å². The van der Waals surface area contributed by atoms with Crippen LogP contribution in [-0.4, -0.2) is 17.2 Å². The Kier molecular flexibility index (Phi) is 20.3. The number of amides is 1. The van der Waals surface area contributed by atoms with E-state index in [1.54, 1.807) is 0 Å². The molecule has 0 aliphatic rings. The van der Waals surface area contributed by atoms with Crippen LogP contribution in [0.5, 0.6) is 0 Å². The summed E-state index contributed by atoms with van der Waals surface area (Å²) in [7, 11) is 0. The van der Waals surface area contributed by atoms with Crippen molar-refractivity contribution in [2.24, 2.45) is 5.73 Å². The van der Waals surface area contributed by atoms with Crippen LogP contribution in [-0.2, 0) is 4.79 Å². The molecule has 3 N–H and O–H groups in total. The molecule has 0 rings (SSSR count). The van der Waals surface area contributed by atoms with Gasteiger partial charge >= 0.3 is 35.5 Å². The Balaban J connectivity index is -0.000000173. The van der Waals surface area contributed by atoms with E-state index in [9.17, 15) is 4.79 Å². The predicted molar refractivity (Wildman–Crippen MR) is 41.4 cm³/mol. The molecule has 1 amide bonds. The van der Waals surface area contributed by atoms with Gasteiger partial charge in [0.2, 0.25) is 0 Å². The van der Waals surface area contributed by atoms with E-state index in [4.69, 9.17) is 15.0 Å². The van der Waals surface area contributed by atoms with Crippen LogP contribution in [0.3, 0.4) is 0 Å². The molecule has 0 saturated carbocycles. The molecule has 0 bridgehead atoms. The van der Waals surface area contributed by atoms with E-state index in [-0.39, 0.29) is 29.6 Å². The summed E-state index contributed by atoms with van der Waals surface area (Å²) in [5.41, 5.74) is 3.92. The fraction of sp³-hybridized carbons (Fsp3) is 0.714. The number of carbonyl (C=O) groups excluding carboxylic acids is 1. The summed E-state index contributed by atoms with van der Waals surface area (Å²) in [5, 5.41) is 16.8. The summed E-state index contributed by atoms with van der Waals surface area (Å²) in [6, 6.07) is 0. The van der Waals surface area contributed by atoms with Crippen molar-refractivity contribution < 1.29 is 49.4 Å². The fourth-order valence-electron chi connectivity index (χ4n) is 0.526. The summed E-state index contributed by atoms with van der Waals surface area (Å²) < 4.78 is 0. The number of carboxylic acids is 1. The van der Waals surface area contributed by atoms with Crippen LogP contribution >= 0.6 is 0 Å². The first-order valence-corrected chi connectivity index (χ1v) is 3.69. The molecule has 0 fully saturated rings. The van der Waals surface area contributed by atoms with E-state index in [2.05, 4.69) is 12.7 Å². The second-order valence-corrected chi connectivity index (χ2v) is 2.17. The number of carboxylic acid groups (broad SMARTS) is 2. The minimum absolute atomic E-state index is 0. The summed E-state index contributed by atoms with van der Waals surface area (Å²) in [4.78, 5) is 18.5. The first-order valence-electron chi connectivity index (χ1n) is 3.69. The van der Waals surface area contributed by atoms with E-state index in [0.29, 0.717) is 6.42 Å². The van der Waals surface area contributed by atoms with Gasteiger partial charge in [0.25, 0.3) is 0 Å². The second kappa shape index (κ2) is 14.3. The topological polar surface area (TPSA) is 103 Å². The third-order valence-electron chi connectivity index (χ3n) is 0.994. The van der Waals surface area contributed by atoms with Crippen molar-refractivity contribution in [1.29, 1.82) is 0 Å². The van der Waals surface area contributed by atoms with Crippen molar-refractivity contribution in [3.05, 3.63) is 0 Å². The first kappa shape index (κ1) is 18.5. The molecule has 0 unspecified atom stereocenters. The molecule has 0 spiro atoms. The maximum Gasteiger partial charge on any atom is 1.00 e. The number of primary amides is 1. The number of nitrogens with two attached hydrogens (primary N) is 1. The van der Waals surface area contributed by atoms with E-state index < -0.39 is 12.1 Å². The monoisotopic (exact) mass is 199 g/mol. The molecule has 0 atom stereocenters. The smallest absolute Gasteiger partial charge is 0.530 e. The van der Waals surface area contributed by atoms with Gasteiger partial charge in [-0.15, -0.1) is 0 Å². The standard InChI is InChI=1S/C6H12O2.CH3NO2.Na/c1-2-3-4-5-6(7)8;2-1(3)4;/h2-5H2,1H3,(H,7,8);2H2,(H,3,4);/q;;+1/p-1. The SMILES string of the molecule is CCCCCC(=O)O.NC(=O)[O-].[Na+]. The van der Waals surface area contributed by atoms with Gasteiger partial charge in [-0.3, -0.25) is 4.79 Å². The van der Waals surface area contributed by atoms with Crippen molar-refractivity contribution >= 4 is 12.1 Å². The van der Waals surface area contributed by atoms with Crippen molar-refractivity contribution in [2.45, 2.75) is 32.6 Å². The predicted octanol–water partition coefficient (Wildman–Crippen LogP) is -3.06. The zero-order valence-corrected chi connectivity index (χ0v) is 10.1. The minimum Gasteiger partial charge on any atom is -0.530 e. The second-order valence-electron chi connectivity index (χ2n) is 2.17. The first-order chi connectivity index (χ1) is 5.50. The fourth-order valence-corrected chi connectivity index (χ4v) is 0.526. The molecular formula is C7H14NNaO4. The van der Waals surface area contributed by atoms with E-state index in [1.165, 1.54) is 0 Å².